The number of rotatable bonds is 5. The number of benzene rings is 2. The highest BCUT2D eigenvalue weighted by Gasteiger charge is 2.17. The van der Waals surface area contributed by atoms with Crippen molar-refractivity contribution < 1.29 is 8.42 Å². The van der Waals surface area contributed by atoms with Crippen LogP contribution in [0.2, 0.25) is 4.34 Å². The van der Waals surface area contributed by atoms with Gasteiger partial charge < -0.3 is 0 Å². The van der Waals surface area contributed by atoms with Crippen LogP contribution in [0.3, 0.4) is 0 Å². The average molecular weight is 433 g/mol. The number of hydrogen-bond acceptors (Lipinski definition) is 5. The van der Waals surface area contributed by atoms with Crippen LogP contribution in [0.15, 0.2) is 76.3 Å². The van der Waals surface area contributed by atoms with Gasteiger partial charge in [0, 0.05) is 22.2 Å². The molecular weight excluding hydrogens is 420 g/mol. The van der Waals surface area contributed by atoms with E-state index in [4.69, 9.17) is 11.6 Å². The Bertz CT molecular complexity index is 1180. The van der Waals surface area contributed by atoms with Crippen molar-refractivity contribution in [3.05, 3.63) is 76.4 Å². The molecule has 0 saturated heterocycles. The SMILES string of the molecule is O=S(=O)(Nc1cccc(-c2csc(-c3ccccc3)n2)c1)c1ccc(Cl)s1. The first-order valence-electron chi connectivity index (χ1n) is 7.91. The molecule has 0 atom stereocenters. The van der Waals surface area contributed by atoms with Crippen LogP contribution in [0.5, 0.6) is 0 Å². The highest BCUT2D eigenvalue weighted by Crippen LogP contribution is 2.31. The lowest BCUT2D eigenvalue weighted by Gasteiger charge is -2.07. The Kier molecular flexibility index (Phi) is 5.01. The monoisotopic (exact) mass is 432 g/mol. The third-order valence-corrected chi connectivity index (χ3v) is 7.74. The summed E-state index contributed by atoms with van der Waals surface area (Å²) in [6, 6.07) is 20.2. The van der Waals surface area contributed by atoms with Crippen molar-refractivity contribution in [2.45, 2.75) is 4.21 Å². The third-order valence-electron chi connectivity index (χ3n) is 3.75. The van der Waals surface area contributed by atoms with Crippen molar-refractivity contribution in [2.75, 3.05) is 4.72 Å². The van der Waals surface area contributed by atoms with Gasteiger partial charge in [0.2, 0.25) is 0 Å². The first-order chi connectivity index (χ1) is 13.0. The Hall–Kier alpha value is -2.19. The molecule has 0 spiro atoms. The number of sulfonamides is 1. The Morgan fingerprint density at radius 1 is 0.926 bits per heavy atom. The van der Waals surface area contributed by atoms with Crippen molar-refractivity contribution in [3.8, 4) is 21.8 Å². The lowest BCUT2D eigenvalue weighted by Crippen LogP contribution is -2.11. The van der Waals surface area contributed by atoms with Gasteiger partial charge in [-0.2, -0.15) is 0 Å². The molecule has 8 heteroatoms. The van der Waals surface area contributed by atoms with E-state index in [1.165, 1.54) is 6.07 Å². The fourth-order valence-corrected chi connectivity index (χ4v) is 5.88. The number of thiophene rings is 1. The highest BCUT2D eigenvalue weighted by molar-refractivity contribution is 7.94. The molecule has 0 aliphatic carbocycles. The smallest absolute Gasteiger partial charge is 0.271 e. The maximum atomic E-state index is 12.5. The summed E-state index contributed by atoms with van der Waals surface area (Å²) in [7, 11) is -3.66. The zero-order chi connectivity index (χ0) is 18.9. The Morgan fingerprint density at radius 3 is 2.44 bits per heavy atom. The summed E-state index contributed by atoms with van der Waals surface area (Å²) >= 11 is 8.42. The minimum atomic E-state index is -3.66. The van der Waals surface area contributed by atoms with E-state index in [2.05, 4.69) is 9.71 Å². The number of anilines is 1. The summed E-state index contributed by atoms with van der Waals surface area (Å²) in [5, 5.41) is 2.89. The first-order valence-corrected chi connectivity index (χ1v) is 11.5. The van der Waals surface area contributed by atoms with Crippen molar-refractivity contribution in [1.82, 2.24) is 4.98 Å². The predicted molar refractivity (Wildman–Crippen MR) is 113 cm³/mol. The lowest BCUT2D eigenvalue weighted by molar-refractivity contribution is 0.603. The lowest BCUT2D eigenvalue weighted by atomic mass is 10.1. The van der Waals surface area contributed by atoms with Gasteiger partial charge in [0.1, 0.15) is 9.22 Å². The van der Waals surface area contributed by atoms with Crippen LogP contribution in [0.25, 0.3) is 21.8 Å². The molecule has 0 unspecified atom stereocenters. The van der Waals surface area contributed by atoms with Gasteiger partial charge in [0.05, 0.1) is 10.0 Å². The molecular formula is C19H13ClN2O2S3. The van der Waals surface area contributed by atoms with E-state index in [1.54, 1.807) is 35.6 Å². The quantitative estimate of drug-likeness (QED) is 0.421. The van der Waals surface area contributed by atoms with Gasteiger partial charge in [-0.15, -0.1) is 22.7 Å². The van der Waals surface area contributed by atoms with Gasteiger partial charge in [-0.3, -0.25) is 4.72 Å². The summed E-state index contributed by atoms with van der Waals surface area (Å²) < 4.78 is 28.2. The molecule has 4 aromatic rings. The fraction of sp³-hybridized carbons (Fsp3) is 0. The van der Waals surface area contributed by atoms with Crippen LogP contribution >= 0.6 is 34.3 Å². The molecule has 2 aromatic carbocycles. The third kappa shape index (κ3) is 4.06. The van der Waals surface area contributed by atoms with Crippen LogP contribution in [0, 0.1) is 0 Å². The molecule has 27 heavy (non-hydrogen) atoms. The summed E-state index contributed by atoms with van der Waals surface area (Å²) in [5.74, 6) is 0. The van der Waals surface area contributed by atoms with Crippen LogP contribution in [-0.2, 0) is 10.0 Å². The average Bonchev–Trinajstić information content (AvgIpc) is 3.32. The van der Waals surface area contributed by atoms with E-state index in [0.717, 1.165) is 33.2 Å². The molecule has 0 radical (unpaired) electrons. The highest BCUT2D eigenvalue weighted by atomic mass is 35.5. The van der Waals surface area contributed by atoms with Crippen molar-refractivity contribution in [1.29, 1.82) is 0 Å². The molecule has 1 N–H and O–H groups in total. The van der Waals surface area contributed by atoms with Gasteiger partial charge in [-0.05, 0) is 24.3 Å². The van der Waals surface area contributed by atoms with E-state index >= 15 is 0 Å². The Morgan fingerprint density at radius 2 is 1.70 bits per heavy atom. The van der Waals surface area contributed by atoms with Crippen LogP contribution in [0.1, 0.15) is 0 Å². The molecule has 0 aliphatic rings. The van der Waals surface area contributed by atoms with E-state index in [1.807, 2.05) is 41.8 Å². The number of aromatic nitrogens is 1. The first kappa shape index (κ1) is 18.2. The molecule has 0 amide bonds. The van der Waals surface area contributed by atoms with Crippen molar-refractivity contribution in [2.24, 2.45) is 0 Å². The molecule has 2 heterocycles. The predicted octanol–water partition coefficient (Wildman–Crippen LogP) is 5.99. The van der Waals surface area contributed by atoms with Crippen molar-refractivity contribution in [3.63, 3.8) is 0 Å². The number of thiazole rings is 1. The minimum Gasteiger partial charge on any atom is -0.279 e. The van der Waals surface area contributed by atoms with Gasteiger partial charge >= 0.3 is 0 Å². The van der Waals surface area contributed by atoms with Gasteiger partial charge in [-0.1, -0.05) is 54.1 Å². The molecule has 2 aromatic heterocycles. The topological polar surface area (TPSA) is 59.1 Å². The van der Waals surface area contributed by atoms with Crippen LogP contribution in [-0.4, -0.2) is 13.4 Å². The van der Waals surface area contributed by atoms with Crippen LogP contribution < -0.4 is 4.72 Å². The standard InChI is InChI=1S/C19H13ClN2O2S3/c20-17-9-10-18(26-17)27(23,24)22-15-8-4-7-14(11-15)16-12-25-19(21-16)13-5-2-1-3-6-13/h1-12,22H. The van der Waals surface area contributed by atoms with Gasteiger partial charge in [0.15, 0.2) is 0 Å². The normalized spacial score (nSPS) is 11.4. The van der Waals surface area contributed by atoms with E-state index in [-0.39, 0.29) is 4.21 Å². The molecule has 136 valence electrons. The second-order valence-corrected chi connectivity index (χ2v) is 10.1. The summed E-state index contributed by atoms with van der Waals surface area (Å²) in [6.45, 7) is 0. The zero-order valence-electron chi connectivity index (χ0n) is 13.8. The molecule has 0 saturated carbocycles. The van der Waals surface area contributed by atoms with Crippen molar-refractivity contribution >= 4 is 50.0 Å². The fourth-order valence-electron chi connectivity index (χ4n) is 2.51. The van der Waals surface area contributed by atoms with Crippen LogP contribution in [0.4, 0.5) is 5.69 Å². The molecule has 4 nitrogen and oxygen atoms in total. The number of hydrogen-bond donors (Lipinski definition) is 1. The number of halogens is 1. The summed E-state index contributed by atoms with van der Waals surface area (Å²) in [5.41, 5.74) is 3.18. The molecule has 0 fully saturated rings. The number of nitrogens with zero attached hydrogens (tertiary/aromatic N) is 1. The van der Waals surface area contributed by atoms with E-state index < -0.39 is 10.0 Å². The zero-order valence-corrected chi connectivity index (χ0v) is 17.0. The molecule has 4 rings (SSSR count). The molecule has 0 bridgehead atoms. The second kappa shape index (κ2) is 7.44. The van der Waals surface area contributed by atoms with Gasteiger partial charge in [-0.25, -0.2) is 13.4 Å². The second-order valence-electron chi connectivity index (χ2n) is 5.65. The Balaban J connectivity index is 1.61. The van der Waals surface area contributed by atoms with E-state index in [0.29, 0.717) is 10.0 Å². The minimum absolute atomic E-state index is 0.179. The van der Waals surface area contributed by atoms with Gasteiger partial charge in [0.25, 0.3) is 10.0 Å². The summed E-state index contributed by atoms with van der Waals surface area (Å²) in [4.78, 5) is 4.68. The Labute approximate surface area is 170 Å². The molecule has 0 aliphatic heterocycles. The largest absolute Gasteiger partial charge is 0.279 e. The summed E-state index contributed by atoms with van der Waals surface area (Å²) in [6.07, 6.45) is 0. The maximum Gasteiger partial charge on any atom is 0.271 e. The maximum absolute atomic E-state index is 12.5. The van der Waals surface area contributed by atoms with E-state index in [9.17, 15) is 8.42 Å². The number of nitrogens with one attached hydrogen (secondary N) is 1.